The number of carbonyl (C=O) groups excluding carboxylic acids is 1. The molecule has 1 fully saturated rings. The molecule has 4 nitrogen and oxygen atoms in total. The number of carbonyl (C=O) groups is 1. The first-order valence-corrected chi connectivity index (χ1v) is 6.90. The monoisotopic (exact) mass is 283 g/mol. The van der Waals surface area contributed by atoms with E-state index in [0.29, 0.717) is 5.02 Å². The van der Waals surface area contributed by atoms with Gasteiger partial charge in [0.2, 0.25) is 0 Å². The number of aliphatic hydroxyl groups excluding tert-OH is 1. The highest BCUT2D eigenvalue weighted by Crippen LogP contribution is 2.26. The minimum Gasteiger partial charge on any atom is -0.507 e. The highest BCUT2D eigenvalue weighted by molar-refractivity contribution is 6.31. The third kappa shape index (κ3) is 3.39. The predicted molar refractivity (Wildman–Crippen MR) is 73.4 cm³/mol. The summed E-state index contributed by atoms with van der Waals surface area (Å²) in [6.45, 7) is 0.0759. The zero-order chi connectivity index (χ0) is 13.8. The summed E-state index contributed by atoms with van der Waals surface area (Å²) in [6.07, 6.45) is 3.91. The third-order valence-electron chi connectivity index (χ3n) is 3.66. The van der Waals surface area contributed by atoms with Gasteiger partial charge in [0, 0.05) is 23.6 Å². The summed E-state index contributed by atoms with van der Waals surface area (Å²) in [6, 6.07) is 4.35. The van der Waals surface area contributed by atoms with Crippen molar-refractivity contribution < 1.29 is 15.0 Å². The first-order valence-electron chi connectivity index (χ1n) is 6.52. The molecule has 0 bridgehead atoms. The van der Waals surface area contributed by atoms with E-state index in [2.05, 4.69) is 5.32 Å². The topological polar surface area (TPSA) is 69.6 Å². The fraction of sp³-hybridized carbons (Fsp3) is 0.500. The Morgan fingerprint density at radius 1 is 1.37 bits per heavy atom. The van der Waals surface area contributed by atoms with Crippen LogP contribution in [0.4, 0.5) is 0 Å². The van der Waals surface area contributed by atoms with Gasteiger partial charge in [0.25, 0.3) is 5.91 Å². The standard InChI is InChI=1S/C14H18ClNO3/c15-10-5-6-13(18)11(7-10)14(19)16-12-4-2-1-3-9(12)8-17/h5-7,9,12,17-18H,1-4,8H2,(H,16,19). The molecule has 1 aromatic rings. The van der Waals surface area contributed by atoms with Gasteiger partial charge in [-0.3, -0.25) is 4.79 Å². The molecule has 0 saturated heterocycles. The van der Waals surface area contributed by atoms with Gasteiger partial charge < -0.3 is 15.5 Å². The number of halogens is 1. The number of amides is 1. The van der Waals surface area contributed by atoms with Crippen LogP contribution in [-0.2, 0) is 0 Å². The summed E-state index contributed by atoms with van der Waals surface area (Å²) in [5, 5.41) is 22.3. The van der Waals surface area contributed by atoms with Crippen LogP contribution < -0.4 is 5.32 Å². The van der Waals surface area contributed by atoms with E-state index >= 15 is 0 Å². The first-order chi connectivity index (χ1) is 9.11. The highest BCUT2D eigenvalue weighted by Gasteiger charge is 2.26. The summed E-state index contributed by atoms with van der Waals surface area (Å²) in [7, 11) is 0. The molecule has 2 atom stereocenters. The van der Waals surface area contributed by atoms with Crippen molar-refractivity contribution in [2.75, 3.05) is 6.61 Å². The van der Waals surface area contributed by atoms with E-state index in [1.807, 2.05) is 0 Å². The molecule has 0 aromatic heterocycles. The lowest BCUT2D eigenvalue weighted by molar-refractivity contribution is 0.0870. The molecule has 0 radical (unpaired) electrons. The molecule has 3 N–H and O–H groups in total. The van der Waals surface area contributed by atoms with Crippen LogP contribution >= 0.6 is 11.6 Å². The lowest BCUT2D eigenvalue weighted by Gasteiger charge is -2.30. The molecule has 1 saturated carbocycles. The number of hydrogen-bond donors (Lipinski definition) is 3. The number of hydrogen-bond acceptors (Lipinski definition) is 3. The number of nitrogens with one attached hydrogen (secondary N) is 1. The smallest absolute Gasteiger partial charge is 0.255 e. The number of benzene rings is 1. The lowest BCUT2D eigenvalue weighted by atomic mass is 9.85. The third-order valence-corrected chi connectivity index (χ3v) is 3.90. The Morgan fingerprint density at radius 3 is 2.84 bits per heavy atom. The molecule has 5 heteroatoms. The maximum atomic E-state index is 12.1. The second kappa shape index (κ2) is 6.26. The Morgan fingerprint density at radius 2 is 2.11 bits per heavy atom. The molecule has 0 aliphatic heterocycles. The van der Waals surface area contributed by atoms with E-state index < -0.39 is 0 Å². The Balaban J connectivity index is 2.09. The molecule has 19 heavy (non-hydrogen) atoms. The van der Waals surface area contributed by atoms with E-state index in [1.165, 1.54) is 18.2 Å². The van der Waals surface area contributed by atoms with Gasteiger partial charge >= 0.3 is 0 Å². The molecule has 2 unspecified atom stereocenters. The minimum atomic E-state index is -0.342. The fourth-order valence-corrected chi connectivity index (χ4v) is 2.72. The van der Waals surface area contributed by atoms with E-state index in [1.54, 1.807) is 0 Å². The molecule has 2 rings (SSSR count). The first kappa shape index (κ1) is 14.2. The van der Waals surface area contributed by atoms with Crippen molar-refractivity contribution in [2.45, 2.75) is 31.7 Å². The molecular weight excluding hydrogens is 266 g/mol. The van der Waals surface area contributed by atoms with Crippen molar-refractivity contribution >= 4 is 17.5 Å². The van der Waals surface area contributed by atoms with Crippen LogP contribution in [0.5, 0.6) is 5.75 Å². The van der Waals surface area contributed by atoms with Gasteiger partial charge in [0.15, 0.2) is 0 Å². The van der Waals surface area contributed by atoms with Crippen molar-refractivity contribution in [1.29, 1.82) is 0 Å². The van der Waals surface area contributed by atoms with Gasteiger partial charge in [0.05, 0.1) is 5.56 Å². The largest absolute Gasteiger partial charge is 0.507 e. The maximum absolute atomic E-state index is 12.1. The molecule has 0 heterocycles. The second-order valence-electron chi connectivity index (χ2n) is 4.97. The normalized spacial score (nSPS) is 23.1. The molecule has 1 aromatic carbocycles. The van der Waals surface area contributed by atoms with Crippen molar-refractivity contribution in [1.82, 2.24) is 5.32 Å². The quantitative estimate of drug-likeness (QED) is 0.797. The van der Waals surface area contributed by atoms with Crippen LogP contribution in [-0.4, -0.2) is 28.8 Å². The Labute approximate surface area is 117 Å². The zero-order valence-corrected chi connectivity index (χ0v) is 11.4. The van der Waals surface area contributed by atoms with Crippen LogP contribution in [0.15, 0.2) is 18.2 Å². The Hall–Kier alpha value is -1.26. The number of rotatable bonds is 3. The lowest BCUT2D eigenvalue weighted by Crippen LogP contribution is -2.43. The van der Waals surface area contributed by atoms with Crippen LogP contribution in [0, 0.1) is 5.92 Å². The molecule has 1 aliphatic rings. The van der Waals surface area contributed by atoms with Gasteiger partial charge in [-0.05, 0) is 31.0 Å². The number of aliphatic hydroxyl groups is 1. The van der Waals surface area contributed by atoms with Crippen LogP contribution in [0.3, 0.4) is 0 Å². The SMILES string of the molecule is O=C(NC1CCCCC1CO)c1cc(Cl)ccc1O. The highest BCUT2D eigenvalue weighted by atomic mass is 35.5. The molecular formula is C14H18ClNO3. The van der Waals surface area contributed by atoms with Crippen molar-refractivity contribution in [3.8, 4) is 5.75 Å². The fourth-order valence-electron chi connectivity index (χ4n) is 2.55. The van der Waals surface area contributed by atoms with Crippen molar-refractivity contribution in [2.24, 2.45) is 5.92 Å². The number of aromatic hydroxyl groups is 1. The number of phenolic OH excluding ortho intramolecular Hbond substituents is 1. The summed E-state index contributed by atoms with van der Waals surface area (Å²) in [4.78, 5) is 12.1. The average molecular weight is 284 g/mol. The predicted octanol–water partition coefficient (Wildman–Crippen LogP) is 2.33. The van der Waals surface area contributed by atoms with Gasteiger partial charge in [-0.25, -0.2) is 0 Å². The average Bonchev–Trinajstić information content (AvgIpc) is 2.42. The van der Waals surface area contributed by atoms with Crippen molar-refractivity contribution in [3.63, 3.8) is 0 Å². The van der Waals surface area contributed by atoms with E-state index in [-0.39, 0.29) is 35.8 Å². The van der Waals surface area contributed by atoms with E-state index in [9.17, 15) is 15.0 Å². The zero-order valence-electron chi connectivity index (χ0n) is 10.6. The summed E-state index contributed by atoms with van der Waals surface area (Å²) in [5.74, 6) is -0.331. The van der Waals surface area contributed by atoms with E-state index in [0.717, 1.165) is 25.7 Å². The van der Waals surface area contributed by atoms with Gasteiger partial charge in [-0.1, -0.05) is 24.4 Å². The van der Waals surface area contributed by atoms with E-state index in [4.69, 9.17) is 11.6 Å². The maximum Gasteiger partial charge on any atom is 0.255 e. The van der Waals surface area contributed by atoms with Gasteiger partial charge in [0.1, 0.15) is 5.75 Å². The molecule has 1 aliphatic carbocycles. The van der Waals surface area contributed by atoms with Crippen molar-refractivity contribution in [3.05, 3.63) is 28.8 Å². The Kier molecular flexibility index (Phi) is 4.66. The summed E-state index contributed by atoms with van der Waals surface area (Å²) in [5.41, 5.74) is 0.176. The molecule has 0 spiro atoms. The minimum absolute atomic E-state index is 0.0374. The molecule has 1 amide bonds. The van der Waals surface area contributed by atoms with Crippen LogP contribution in [0.2, 0.25) is 5.02 Å². The summed E-state index contributed by atoms with van der Waals surface area (Å²) >= 11 is 5.83. The van der Waals surface area contributed by atoms with Crippen LogP contribution in [0.25, 0.3) is 0 Å². The number of phenols is 1. The van der Waals surface area contributed by atoms with Gasteiger partial charge in [-0.15, -0.1) is 0 Å². The Bertz CT molecular complexity index is 464. The second-order valence-corrected chi connectivity index (χ2v) is 5.40. The summed E-state index contributed by atoms with van der Waals surface area (Å²) < 4.78 is 0. The van der Waals surface area contributed by atoms with Gasteiger partial charge in [-0.2, -0.15) is 0 Å². The molecule has 104 valence electrons. The van der Waals surface area contributed by atoms with Crippen LogP contribution in [0.1, 0.15) is 36.0 Å².